The van der Waals surface area contributed by atoms with Crippen molar-refractivity contribution < 1.29 is 9.18 Å². The van der Waals surface area contributed by atoms with Crippen molar-refractivity contribution in [2.24, 2.45) is 5.92 Å². The van der Waals surface area contributed by atoms with Gasteiger partial charge in [-0.2, -0.15) is 0 Å². The second kappa shape index (κ2) is 7.55. The van der Waals surface area contributed by atoms with Crippen LogP contribution < -0.4 is 0 Å². The van der Waals surface area contributed by atoms with E-state index in [1.807, 2.05) is 17.0 Å². The van der Waals surface area contributed by atoms with Crippen molar-refractivity contribution in [3.63, 3.8) is 0 Å². The highest BCUT2D eigenvalue weighted by atomic mass is 19.1. The van der Waals surface area contributed by atoms with Gasteiger partial charge in [-0.05, 0) is 24.0 Å². The molecule has 3 nitrogen and oxygen atoms in total. The number of hydrogen-bond acceptors (Lipinski definition) is 2. The highest BCUT2D eigenvalue weighted by molar-refractivity contribution is 5.76. The van der Waals surface area contributed by atoms with Gasteiger partial charge < -0.3 is 4.90 Å². The summed E-state index contributed by atoms with van der Waals surface area (Å²) >= 11 is 0. The fourth-order valence-corrected chi connectivity index (χ4v) is 2.68. The van der Waals surface area contributed by atoms with Gasteiger partial charge in [0.05, 0.1) is 0 Å². The van der Waals surface area contributed by atoms with E-state index in [1.165, 1.54) is 6.07 Å². The predicted molar refractivity (Wildman–Crippen MR) is 82.6 cm³/mol. The third kappa shape index (κ3) is 4.81. The highest BCUT2D eigenvalue weighted by Crippen LogP contribution is 2.11. The molecular weight excluding hydrogens is 267 g/mol. The van der Waals surface area contributed by atoms with Gasteiger partial charge in [-0.25, -0.2) is 4.39 Å². The lowest BCUT2D eigenvalue weighted by atomic mass is 10.1. The van der Waals surface area contributed by atoms with Gasteiger partial charge in [0.25, 0.3) is 0 Å². The molecule has 1 aliphatic heterocycles. The predicted octanol–water partition coefficient (Wildman–Crippen LogP) is 2.56. The minimum Gasteiger partial charge on any atom is -0.340 e. The minimum atomic E-state index is -0.122. The number of amides is 1. The van der Waals surface area contributed by atoms with Gasteiger partial charge in [-0.3, -0.25) is 9.69 Å². The Balaban J connectivity index is 1.74. The van der Waals surface area contributed by atoms with E-state index in [0.717, 1.165) is 44.7 Å². The van der Waals surface area contributed by atoms with E-state index in [9.17, 15) is 9.18 Å². The molecule has 0 unspecified atom stereocenters. The minimum absolute atomic E-state index is 0.122. The number of piperazine rings is 1. The molecule has 0 N–H and O–H groups in total. The summed E-state index contributed by atoms with van der Waals surface area (Å²) < 4.78 is 13.6. The number of hydrogen-bond donors (Lipinski definition) is 0. The van der Waals surface area contributed by atoms with E-state index in [1.54, 1.807) is 6.07 Å². The quantitative estimate of drug-likeness (QED) is 0.833. The van der Waals surface area contributed by atoms with Crippen molar-refractivity contribution in [3.05, 3.63) is 35.6 Å². The van der Waals surface area contributed by atoms with Gasteiger partial charge in [0, 0.05) is 39.1 Å². The summed E-state index contributed by atoms with van der Waals surface area (Å²) in [5.74, 6) is 0.554. The fraction of sp³-hybridized carbons (Fsp3) is 0.588. The zero-order valence-electron chi connectivity index (χ0n) is 13.0. The number of nitrogens with zero attached hydrogens (tertiary/aromatic N) is 2. The lowest BCUT2D eigenvalue weighted by Crippen LogP contribution is -2.49. The second-order valence-corrected chi connectivity index (χ2v) is 6.16. The van der Waals surface area contributed by atoms with E-state index in [2.05, 4.69) is 18.7 Å². The van der Waals surface area contributed by atoms with Gasteiger partial charge in [-0.1, -0.05) is 32.0 Å². The summed E-state index contributed by atoms with van der Waals surface area (Å²) in [5, 5.41) is 0. The van der Waals surface area contributed by atoms with E-state index in [4.69, 9.17) is 0 Å². The normalized spacial score (nSPS) is 16.5. The molecule has 1 aromatic rings. The van der Waals surface area contributed by atoms with Gasteiger partial charge in [0.15, 0.2) is 0 Å². The summed E-state index contributed by atoms with van der Waals surface area (Å²) in [5.41, 5.74) is 0.774. The van der Waals surface area contributed by atoms with Gasteiger partial charge >= 0.3 is 0 Å². The zero-order valence-corrected chi connectivity index (χ0v) is 13.0. The van der Waals surface area contributed by atoms with Gasteiger partial charge in [-0.15, -0.1) is 0 Å². The molecule has 2 rings (SSSR count). The van der Waals surface area contributed by atoms with Crippen molar-refractivity contribution >= 4 is 5.91 Å². The molecule has 21 heavy (non-hydrogen) atoms. The van der Waals surface area contributed by atoms with Crippen molar-refractivity contribution in [1.29, 1.82) is 0 Å². The largest absolute Gasteiger partial charge is 0.340 e. The third-order valence-corrected chi connectivity index (χ3v) is 3.96. The first-order valence-corrected chi connectivity index (χ1v) is 7.80. The SMILES string of the molecule is CC(C)CC(=O)N1CCN(CCc2ccccc2F)CC1. The van der Waals surface area contributed by atoms with E-state index < -0.39 is 0 Å². The van der Waals surface area contributed by atoms with E-state index >= 15 is 0 Å². The van der Waals surface area contributed by atoms with Crippen LogP contribution in [0.25, 0.3) is 0 Å². The Kier molecular flexibility index (Phi) is 5.74. The lowest BCUT2D eigenvalue weighted by Gasteiger charge is -2.35. The second-order valence-electron chi connectivity index (χ2n) is 6.16. The molecule has 0 radical (unpaired) electrons. The Hall–Kier alpha value is -1.42. The molecule has 1 aromatic carbocycles. The Morgan fingerprint density at radius 2 is 1.86 bits per heavy atom. The van der Waals surface area contributed by atoms with Crippen molar-refractivity contribution in [3.8, 4) is 0 Å². The topological polar surface area (TPSA) is 23.6 Å². The van der Waals surface area contributed by atoms with E-state index in [0.29, 0.717) is 12.3 Å². The van der Waals surface area contributed by atoms with E-state index in [-0.39, 0.29) is 11.7 Å². The molecule has 0 bridgehead atoms. The smallest absolute Gasteiger partial charge is 0.222 e. The molecule has 0 aliphatic carbocycles. The summed E-state index contributed by atoms with van der Waals surface area (Å²) in [6, 6.07) is 6.95. The maximum Gasteiger partial charge on any atom is 0.222 e. The molecular formula is C17H25FN2O. The van der Waals surface area contributed by atoms with Crippen LogP contribution >= 0.6 is 0 Å². The number of rotatable bonds is 5. The first-order valence-electron chi connectivity index (χ1n) is 7.80. The maximum absolute atomic E-state index is 13.6. The first kappa shape index (κ1) is 16.0. The zero-order chi connectivity index (χ0) is 15.2. The van der Waals surface area contributed by atoms with Crippen LogP contribution in [-0.2, 0) is 11.2 Å². The molecule has 1 heterocycles. The molecule has 1 aliphatic rings. The molecule has 1 amide bonds. The molecule has 0 atom stereocenters. The molecule has 4 heteroatoms. The van der Waals surface area contributed by atoms with Crippen LogP contribution in [0.1, 0.15) is 25.8 Å². The van der Waals surface area contributed by atoms with Crippen LogP contribution in [0.15, 0.2) is 24.3 Å². The molecule has 116 valence electrons. The van der Waals surface area contributed by atoms with Crippen LogP contribution in [0.4, 0.5) is 4.39 Å². The fourth-order valence-electron chi connectivity index (χ4n) is 2.68. The summed E-state index contributed by atoms with van der Waals surface area (Å²) in [4.78, 5) is 16.3. The van der Waals surface area contributed by atoms with Crippen LogP contribution in [0.5, 0.6) is 0 Å². The lowest BCUT2D eigenvalue weighted by molar-refractivity contribution is -0.133. The third-order valence-electron chi connectivity index (χ3n) is 3.96. The van der Waals surface area contributed by atoms with Gasteiger partial charge in [0.1, 0.15) is 5.82 Å². The van der Waals surface area contributed by atoms with Crippen LogP contribution in [0, 0.1) is 11.7 Å². The molecule has 0 spiro atoms. The number of carbonyl (C=O) groups is 1. The summed E-state index contributed by atoms with van der Waals surface area (Å²) in [6.07, 6.45) is 1.36. The van der Waals surface area contributed by atoms with Gasteiger partial charge in [0.2, 0.25) is 5.91 Å². The van der Waals surface area contributed by atoms with Crippen LogP contribution in [-0.4, -0.2) is 48.4 Å². The summed E-state index contributed by atoms with van der Waals surface area (Å²) in [7, 11) is 0. The van der Waals surface area contributed by atoms with Crippen LogP contribution in [0.2, 0.25) is 0 Å². The van der Waals surface area contributed by atoms with Crippen molar-refractivity contribution in [2.45, 2.75) is 26.7 Å². The molecule has 0 saturated carbocycles. The summed E-state index contributed by atoms with van der Waals surface area (Å²) in [6.45, 7) is 8.36. The first-order chi connectivity index (χ1) is 10.1. The average molecular weight is 292 g/mol. The molecule has 0 aromatic heterocycles. The standard InChI is InChI=1S/C17H25FN2O/c1-14(2)13-17(21)20-11-9-19(10-12-20)8-7-15-5-3-4-6-16(15)18/h3-6,14H,7-13H2,1-2H3. The number of carbonyl (C=O) groups excluding carboxylic acids is 1. The number of halogens is 1. The highest BCUT2D eigenvalue weighted by Gasteiger charge is 2.21. The van der Waals surface area contributed by atoms with Crippen LogP contribution in [0.3, 0.4) is 0 Å². The number of benzene rings is 1. The Morgan fingerprint density at radius 3 is 2.48 bits per heavy atom. The van der Waals surface area contributed by atoms with Crippen molar-refractivity contribution in [1.82, 2.24) is 9.80 Å². The van der Waals surface area contributed by atoms with Crippen molar-refractivity contribution in [2.75, 3.05) is 32.7 Å². The molecule has 1 saturated heterocycles. The Morgan fingerprint density at radius 1 is 1.19 bits per heavy atom. The Bertz CT molecular complexity index is 468. The average Bonchev–Trinajstić information content (AvgIpc) is 2.46. The molecule has 1 fully saturated rings. The Labute approximate surface area is 126 Å². The maximum atomic E-state index is 13.6. The monoisotopic (exact) mass is 292 g/mol.